The van der Waals surface area contributed by atoms with Crippen LogP contribution in [0.15, 0.2) is 46.6 Å². The first-order valence-electron chi connectivity index (χ1n) is 11.0. The van der Waals surface area contributed by atoms with E-state index in [2.05, 4.69) is 15.5 Å². The summed E-state index contributed by atoms with van der Waals surface area (Å²) in [6.45, 7) is 3.37. The zero-order valence-electron chi connectivity index (χ0n) is 19.7. The van der Waals surface area contributed by atoms with Crippen LogP contribution in [-0.2, 0) is 30.6 Å². The number of thioether (sulfide) groups is 1. The Hall–Kier alpha value is -3.98. The van der Waals surface area contributed by atoms with Crippen LogP contribution in [0, 0.1) is 10.1 Å². The number of nitrogen functional groups attached to an aromatic ring is 1. The summed E-state index contributed by atoms with van der Waals surface area (Å²) in [5, 5.41) is 18.6. The lowest BCUT2D eigenvalue weighted by molar-refractivity contribution is -0.384. The van der Waals surface area contributed by atoms with Crippen molar-refractivity contribution < 1.29 is 28.9 Å². The number of amides is 2. The molecule has 1 saturated heterocycles. The molecule has 2 amide bonds. The lowest BCUT2D eigenvalue weighted by Crippen LogP contribution is -2.70. The molecular weight excluding hydrogens is 524 g/mol. The van der Waals surface area contributed by atoms with Crippen molar-refractivity contribution in [3.8, 4) is 0 Å². The van der Waals surface area contributed by atoms with Gasteiger partial charge in [-0.05, 0) is 37.6 Å². The standard InChI is InChI=1S/C22H22N6O7S2/c1-11(2)35-26-16(14-10-37-22(23)24-14)18(29)25-17-19(30)27-15(7-8-36-20(17)27)21(31)34-9-12-3-5-13(6-4-12)28(32)33/h3-7,10-11,17,20H,8-9H2,1-2H3,(H2,23,24)(H,25,29)/t17?,20-/m0/s1. The molecule has 2 aliphatic heterocycles. The van der Waals surface area contributed by atoms with Gasteiger partial charge in [-0.2, -0.15) is 0 Å². The number of benzene rings is 1. The van der Waals surface area contributed by atoms with Crippen molar-refractivity contribution in [1.82, 2.24) is 15.2 Å². The fourth-order valence-corrected chi connectivity index (χ4v) is 5.18. The normalized spacial score (nSPS) is 19.0. The smallest absolute Gasteiger partial charge is 0.355 e. The minimum atomic E-state index is -0.899. The lowest BCUT2D eigenvalue weighted by atomic mass is 10.0. The molecule has 2 aromatic rings. The molecular formula is C22H22N6O7S2. The minimum absolute atomic E-state index is 0.0745. The number of rotatable bonds is 9. The Balaban J connectivity index is 1.40. The third-order valence-electron chi connectivity index (χ3n) is 5.19. The number of esters is 1. The number of hydrogen-bond donors (Lipinski definition) is 2. The molecule has 1 aromatic heterocycles. The second-order valence-electron chi connectivity index (χ2n) is 8.14. The average molecular weight is 547 g/mol. The van der Waals surface area contributed by atoms with E-state index >= 15 is 0 Å². The SMILES string of the molecule is CC(C)ON=C(C(=O)NC1C(=O)N2C(C(=O)OCc3ccc([N+](=O)[O-])cc3)=CCS[C@@H]12)c1csc(N)n1. The van der Waals surface area contributed by atoms with Gasteiger partial charge in [0.15, 0.2) is 10.8 Å². The van der Waals surface area contributed by atoms with Crippen LogP contribution in [0.5, 0.6) is 0 Å². The number of anilines is 1. The topological polar surface area (TPSA) is 179 Å². The maximum absolute atomic E-state index is 13.0. The van der Waals surface area contributed by atoms with Crippen LogP contribution in [0.2, 0.25) is 0 Å². The van der Waals surface area contributed by atoms with E-state index in [0.29, 0.717) is 11.3 Å². The number of nitrogens with one attached hydrogen (secondary N) is 1. The van der Waals surface area contributed by atoms with Crippen LogP contribution < -0.4 is 11.1 Å². The molecule has 0 saturated carbocycles. The van der Waals surface area contributed by atoms with Gasteiger partial charge in [-0.3, -0.25) is 24.6 Å². The highest BCUT2D eigenvalue weighted by molar-refractivity contribution is 8.00. The van der Waals surface area contributed by atoms with E-state index in [1.54, 1.807) is 25.3 Å². The highest BCUT2D eigenvalue weighted by Gasteiger charge is 2.53. The summed E-state index contributed by atoms with van der Waals surface area (Å²) < 4.78 is 5.32. The van der Waals surface area contributed by atoms with Crippen molar-refractivity contribution in [2.45, 2.75) is 38.0 Å². The second kappa shape index (κ2) is 11.0. The summed E-state index contributed by atoms with van der Waals surface area (Å²) in [4.78, 5) is 59.5. The van der Waals surface area contributed by atoms with Gasteiger partial charge < -0.3 is 20.6 Å². The Morgan fingerprint density at radius 1 is 1.35 bits per heavy atom. The van der Waals surface area contributed by atoms with Crippen molar-refractivity contribution >= 4 is 57.4 Å². The minimum Gasteiger partial charge on any atom is -0.456 e. The van der Waals surface area contributed by atoms with Gasteiger partial charge in [-0.15, -0.1) is 23.1 Å². The molecule has 13 nitrogen and oxygen atoms in total. The number of carbonyl (C=O) groups is 3. The van der Waals surface area contributed by atoms with E-state index < -0.39 is 34.1 Å². The third-order valence-corrected chi connectivity index (χ3v) is 7.05. The molecule has 0 radical (unpaired) electrons. The van der Waals surface area contributed by atoms with Crippen molar-refractivity contribution in [2.24, 2.45) is 5.16 Å². The second-order valence-corrected chi connectivity index (χ2v) is 10.2. The number of thiazole rings is 1. The molecule has 4 rings (SSSR count). The zero-order valence-corrected chi connectivity index (χ0v) is 21.3. The first-order chi connectivity index (χ1) is 17.7. The Kier molecular flexibility index (Phi) is 7.73. The number of nitro benzene ring substituents is 1. The molecule has 3 N–H and O–H groups in total. The highest BCUT2D eigenvalue weighted by atomic mass is 32.2. The Morgan fingerprint density at radius 3 is 2.70 bits per heavy atom. The number of non-ortho nitro benzene ring substituents is 1. The van der Waals surface area contributed by atoms with Crippen LogP contribution >= 0.6 is 23.1 Å². The monoisotopic (exact) mass is 546 g/mol. The number of nitrogens with zero attached hydrogens (tertiary/aromatic N) is 4. The molecule has 0 bridgehead atoms. The molecule has 3 heterocycles. The maximum atomic E-state index is 13.0. The predicted molar refractivity (Wildman–Crippen MR) is 135 cm³/mol. The first-order valence-corrected chi connectivity index (χ1v) is 12.9. The molecule has 2 atom stereocenters. The molecule has 0 aliphatic carbocycles. The van der Waals surface area contributed by atoms with Crippen LogP contribution in [0.1, 0.15) is 25.1 Å². The van der Waals surface area contributed by atoms with Gasteiger partial charge >= 0.3 is 5.97 Å². The predicted octanol–water partition coefficient (Wildman–Crippen LogP) is 1.79. The van der Waals surface area contributed by atoms with Crippen LogP contribution in [0.3, 0.4) is 0 Å². The summed E-state index contributed by atoms with van der Waals surface area (Å²) in [5.74, 6) is -1.44. The van der Waals surface area contributed by atoms with E-state index in [-0.39, 0.29) is 40.6 Å². The van der Waals surface area contributed by atoms with Gasteiger partial charge in [0.1, 0.15) is 35.5 Å². The van der Waals surface area contributed by atoms with E-state index in [1.165, 1.54) is 40.9 Å². The number of β-lactam (4-membered cyclic amide) rings is 1. The first kappa shape index (κ1) is 26.1. The summed E-state index contributed by atoms with van der Waals surface area (Å²) >= 11 is 2.51. The van der Waals surface area contributed by atoms with Crippen LogP contribution in [0.25, 0.3) is 0 Å². The quantitative estimate of drug-likeness (QED) is 0.155. The number of oxime groups is 1. The van der Waals surface area contributed by atoms with Crippen molar-refractivity contribution in [2.75, 3.05) is 11.5 Å². The highest BCUT2D eigenvalue weighted by Crippen LogP contribution is 2.38. The largest absolute Gasteiger partial charge is 0.456 e. The number of fused-ring (bicyclic) bond motifs is 1. The van der Waals surface area contributed by atoms with Gasteiger partial charge in [0.05, 0.1) is 4.92 Å². The fraction of sp³-hybridized carbons (Fsp3) is 0.318. The maximum Gasteiger partial charge on any atom is 0.355 e. The number of hydrogen-bond acceptors (Lipinski definition) is 12. The summed E-state index contributed by atoms with van der Waals surface area (Å²) in [5.41, 5.74) is 6.34. The number of nitrogens with two attached hydrogens (primary N) is 1. The molecule has 1 unspecified atom stereocenters. The van der Waals surface area contributed by atoms with E-state index in [9.17, 15) is 24.5 Å². The number of nitro groups is 1. The van der Waals surface area contributed by atoms with Gasteiger partial charge in [-0.1, -0.05) is 5.16 Å². The van der Waals surface area contributed by atoms with Crippen molar-refractivity contribution in [3.63, 3.8) is 0 Å². The molecule has 1 aromatic carbocycles. The Labute approximate surface area is 218 Å². The van der Waals surface area contributed by atoms with E-state index in [0.717, 1.165) is 11.3 Å². The molecule has 37 heavy (non-hydrogen) atoms. The Bertz CT molecular complexity index is 1290. The summed E-state index contributed by atoms with van der Waals surface area (Å²) in [6.07, 6.45) is 1.29. The number of carbonyl (C=O) groups excluding carboxylic acids is 3. The molecule has 2 aliphatic rings. The zero-order chi connectivity index (χ0) is 26.7. The summed E-state index contributed by atoms with van der Waals surface area (Å²) in [7, 11) is 0. The number of ether oxygens (including phenoxy) is 1. The molecule has 0 spiro atoms. The van der Waals surface area contributed by atoms with Crippen molar-refractivity contribution in [1.29, 1.82) is 0 Å². The lowest BCUT2D eigenvalue weighted by Gasteiger charge is -2.48. The van der Waals surface area contributed by atoms with E-state index in [1.807, 2.05) is 0 Å². The van der Waals surface area contributed by atoms with Gasteiger partial charge in [0.25, 0.3) is 17.5 Å². The van der Waals surface area contributed by atoms with Gasteiger partial charge in [0, 0.05) is 23.3 Å². The third kappa shape index (κ3) is 5.72. The average Bonchev–Trinajstić information content (AvgIpc) is 3.30. The van der Waals surface area contributed by atoms with Crippen LogP contribution in [0.4, 0.5) is 10.8 Å². The van der Waals surface area contributed by atoms with Crippen molar-refractivity contribution in [3.05, 3.63) is 62.8 Å². The number of aromatic nitrogens is 1. The van der Waals surface area contributed by atoms with Gasteiger partial charge in [-0.25, -0.2) is 9.78 Å². The summed E-state index contributed by atoms with van der Waals surface area (Å²) in [6, 6.07) is 4.69. The molecule has 1 fully saturated rings. The van der Waals surface area contributed by atoms with Crippen LogP contribution in [-0.4, -0.2) is 61.6 Å². The van der Waals surface area contributed by atoms with E-state index in [4.69, 9.17) is 15.3 Å². The molecule has 15 heteroatoms. The Morgan fingerprint density at radius 2 is 2.08 bits per heavy atom. The molecule has 194 valence electrons. The fourth-order valence-electron chi connectivity index (χ4n) is 3.43. The van der Waals surface area contributed by atoms with Gasteiger partial charge in [0.2, 0.25) is 0 Å².